The maximum atomic E-state index is 14.1. The van der Waals surface area contributed by atoms with Crippen molar-refractivity contribution in [2.24, 2.45) is 0 Å². The number of β-amino-alcohol motifs (C(OH)–C–C–N with tert-alkyl or cyclic N) is 1. The normalized spacial score (nSPS) is 19.4. The Bertz CT molecular complexity index is 1120. The van der Waals surface area contributed by atoms with Gasteiger partial charge in [0.05, 0.1) is 24.7 Å². The second-order valence-corrected chi connectivity index (χ2v) is 5.88. The second-order valence-electron chi connectivity index (χ2n) is 5.88. The van der Waals surface area contributed by atoms with E-state index in [1.54, 1.807) is 0 Å². The Morgan fingerprint density at radius 1 is 1.35 bits per heavy atom. The first kappa shape index (κ1) is 16.3. The van der Waals surface area contributed by atoms with E-state index in [9.17, 15) is 27.9 Å². The quantitative estimate of drug-likeness (QED) is 0.574. The number of aliphatic hydroxyl groups is 1. The minimum atomic E-state index is -3.32. The van der Waals surface area contributed by atoms with Crippen LogP contribution in [0.25, 0.3) is 16.6 Å². The monoisotopic (exact) mass is 368 g/mol. The van der Waals surface area contributed by atoms with Gasteiger partial charge in [-0.3, -0.25) is 9.78 Å². The number of anilines is 1. The Hall–Kier alpha value is -3.15. The lowest BCUT2D eigenvalue weighted by atomic mass is 10.2. The highest BCUT2D eigenvalue weighted by molar-refractivity contribution is 5.90. The lowest BCUT2D eigenvalue weighted by molar-refractivity contribution is -0.0712. The van der Waals surface area contributed by atoms with E-state index in [-0.39, 0.29) is 29.0 Å². The molecule has 26 heavy (non-hydrogen) atoms. The van der Waals surface area contributed by atoms with Gasteiger partial charge in [0.25, 0.3) is 11.5 Å². The summed E-state index contributed by atoms with van der Waals surface area (Å²) in [6.07, 6.45) is 1.29. The third-order valence-corrected chi connectivity index (χ3v) is 4.11. The van der Waals surface area contributed by atoms with Crippen LogP contribution < -0.4 is 16.1 Å². The van der Waals surface area contributed by atoms with E-state index in [0.29, 0.717) is 0 Å². The SMILES string of the molecule is O=c1[nH]cc(-n2cc3c(N4CC(O)C(F)(F)C4)ncc(F)c3n2)c(=O)[nH]1. The number of halogens is 3. The molecule has 1 aliphatic rings. The van der Waals surface area contributed by atoms with Gasteiger partial charge in [-0.25, -0.2) is 27.6 Å². The fourth-order valence-electron chi connectivity index (χ4n) is 2.84. The number of H-pyrrole nitrogens is 2. The predicted molar refractivity (Wildman–Crippen MR) is 83.2 cm³/mol. The van der Waals surface area contributed by atoms with Crippen molar-refractivity contribution in [3.63, 3.8) is 0 Å². The van der Waals surface area contributed by atoms with E-state index in [0.717, 1.165) is 22.0 Å². The first-order valence-electron chi connectivity index (χ1n) is 7.43. The first-order chi connectivity index (χ1) is 12.3. The standard InChI is InChI=1S/C14H11F3N6O3/c15-7-1-18-11(22-4-9(24)14(16,17)5-22)6-3-23(21-10(6)7)8-2-19-13(26)20-12(8)25/h1-3,9,24H,4-5H2,(H2,19,20,25,26). The van der Waals surface area contributed by atoms with Crippen LogP contribution in [0, 0.1) is 5.82 Å². The van der Waals surface area contributed by atoms with Crippen molar-refractivity contribution >= 4 is 16.7 Å². The Kier molecular flexibility index (Phi) is 3.41. The van der Waals surface area contributed by atoms with Gasteiger partial charge in [-0.05, 0) is 0 Å². The molecule has 3 aromatic heterocycles. The third-order valence-electron chi connectivity index (χ3n) is 4.11. The smallest absolute Gasteiger partial charge is 0.325 e. The van der Waals surface area contributed by atoms with Crippen LogP contribution in [0.5, 0.6) is 0 Å². The highest BCUT2D eigenvalue weighted by Gasteiger charge is 2.48. The zero-order valence-corrected chi connectivity index (χ0v) is 12.9. The molecule has 0 radical (unpaired) electrons. The van der Waals surface area contributed by atoms with E-state index in [1.807, 2.05) is 4.98 Å². The van der Waals surface area contributed by atoms with Gasteiger partial charge in [0.15, 0.2) is 5.82 Å². The minimum absolute atomic E-state index is 0.00438. The van der Waals surface area contributed by atoms with Crippen molar-refractivity contribution in [3.8, 4) is 5.69 Å². The number of rotatable bonds is 2. The van der Waals surface area contributed by atoms with Gasteiger partial charge in [0.2, 0.25) is 0 Å². The van der Waals surface area contributed by atoms with Crippen molar-refractivity contribution in [1.82, 2.24) is 24.7 Å². The lowest BCUT2D eigenvalue weighted by Gasteiger charge is -2.17. The van der Waals surface area contributed by atoms with Crippen LogP contribution in [0.4, 0.5) is 19.0 Å². The van der Waals surface area contributed by atoms with Crippen LogP contribution in [-0.4, -0.2) is 55.0 Å². The lowest BCUT2D eigenvalue weighted by Crippen LogP contribution is -2.31. The number of pyridine rings is 1. The predicted octanol–water partition coefficient (Wildman–Crippen LogP) is -0.248. The minimum Gasteiger partial charge on any atom is -0.385 e. The zero-order chi connectivity index (χ0) is 18.6. The molecule has 12 heteroatoms. The molecule has 0 amide bonds. The molecule has 4 rings (SSSR count). The molecule has 0 aromatic carbocycles. The first-order valence-corrected chi connectivity index (χ1v) is 7.43. The Morgan fingerprint density at radius 3 is 2.77 bits per heavy atom. The van der Waals surface area contributed by atoms with Gasteiger partial charge in [-0.2, -0.15) is 5.10 Å². The van der Waals surface area contributed by atoms with Gasteiger partial charge in [0, 0.05) is 12.4 Å². The maximum absolute atomic E-state index is 14.1. The highest BCUT2D eigenvalue weighted by Crippen LogP contribution is 2.34. The molecule has 1 atom stereocenters. The molecule has 1 saturated heterocycles. The van der Waals surface area contributed by atoms with Gasteiger partial charge in [-0.15, -0.1) is 0 Å². The number of nitrogens with one attached hydrogen (secondary N) is 2. The van der Waals surface area contributed by atoms with Crippen LogP contribution in [0.2, 0.25) is 0 Å². The van der Waals surface area contributed by atoms with Crippen molar-refractivity contribution in [3.05, 3.63) is 45.2 Å². The molecule has 0 spiro atoms. The van der Waals surface area contributed by atoms with Gasteiger partial charge in [0.1, 0.15) is 23.1 Å². The number of hydrogen-bond donors (Lipinski definition) is 3. The Labute approximate surface area is 141 Å². The number of aliphatic hydroxyl groups excluding tert-OH is 1. The van der Waals surface area contributed by atoms with E-state index in [4.69, 9.17) is 0 Å². The van der Waals surface area contributed by atoms with Crippen molar-refractivity contribution in [1.29, 1.82) is 0 Å². The maximum Gasteiger partial charge on any atom is 0.325 e. The average molecular weight is 368 g/mol. The molecule has 3 N–H and O–H groups in total. The number of aromatic amines is 2. The molecule has 0 aliphatic carbocycles. The molecule has 4 heterocycles. The van der Waals surface area contributed by atoms with Crippen LogP contribution in [0.1, 0.15) is 0 Å². The van der Waals surface area contributed by atoms with Gasteiger partial charge < -0.3 is 15.0 Å². The summed E-state index contributed by atoms with van der Waals surface area (Å²) in [6.45, 7) is -1.17. The van der Waals surface area contributed by atoms with Crippen molar-refractivity contribution in [2.45, 2.75) is 12.0 Å². The van der Waals surface area contributed by atoms with Crippen LogP contribution in [-0.2, 0) is 0 Å². The summed E-state index contributed by atoms with van der Waals surface area (Å²) in [4.78, 5) is 32.2. The molecule has 0 bridgehead atoms. The molecule has 136 valence electrons. The summed E-state index contributed by atoms with van der Waals surface area (Å²) in [5.41, 5.74) is -1.78. The molecule has 1 unspecified atom stereocenters. The molecular formula is C14H11F3N6O3. The molecule has 9 nitrogen and oxygen atoms in total. The van der Waals surface area contributed by atoms with Crippen molar-refractivity contribution < 1.29 is 18.3 Å². The third kappa shape index (κ3) is 2.45. The zero-order valence-electron chi connectivity index (χ0n) is 12.9. The molecule has 0 saturated carbocycles. The summed E-state index contributed by atoms with van der Waals surface area (Å²) in [5.74, 6) is -4.13. The molecular weight excluding hydrogens is 357 g/mol. The fourth-order valence-corrected chi connectivity index (χ4v) is 2.84. The average Bonchev–Trinajstić information content (AvgIpc) is 3.10. The highest BCUT2D eigenvalue weighted by atomic mass is 19.3. The summed E-state index contributed by atoms with van der Waals surface area (Å²) < 4.78 is 42.3. The van der Waals surface area contributed by atoms with Crippen molar-refractivity contribution in [2.75, 3.05) is 18.0 Å². The summed E-state index contributed by atoms with van der Waals surface area (Å²) in [5, 5.41) is 13.5. The topological polar surface area (TPSA) is 120 Å². The van der Waals surface area contributed by atoms with Crippen LogP contribution in [0.3, 0.4) is 0 Å². The largest absolute Gasteiger partial charge is 0.385 e. The number of nitrogens with zero attached hydrogens (tertiary/aromatic N) is 4. The van der Waals surface area contributed by atoms with Gasteiger partial charge in [-0.1, -0.05) is 0 Å². The van der Waals surface area contributed by atoms with E-state index < -0.39 is 35.6 Å². The number of hydrogen-bond acceptors (Lipinski definition) is 6. The number of alkyl halides is 2. The molecule has 3 aromatic rings. The summed E-state index contributed by atoms with van der Waals surface area (Å²) in [6, 6.07) is 0. The van der Waals surface area contributed by atoms with E-state index >= 15 is 0 Å². The Balaban J connectivity index is 1.87. The second kappa shape index (κ2) is 5.42. The summed E-state index contributed by atoms with van der Waals surface area (Å²) >= 11 is 0. The van der Waals surface area contributed by atoms with Crippen LogP contribution >= 0.6 is 0 Å². The van der Waals surface area contributed by atoms with Gasteiger partial charge >= 0.3 is 5.69 Å². The van der Waals surface area contributed by atoms with Crippen LogP contribution in [0.15, 0.2) is 28.2 Å². The molecule has 1 fully saturated rings. The fraction of sp³-hybridized carbons (Fsp3) is 0.286. The van der Waals surface area contributed by atoms with E-state index in [1.165, 1.54) is 6.20 Å². The molecule has 1 aliphatic heterocycles. The van der Waals surface area contributed by atoms with E-state index in [2.05, 4.69) is 15.1 Å². The number of aromatic nitrogens is 5. The Morgan fingerprint density at radius 2 is 2.12 bits per heavy atom. The number of fused-ring (bicyclic) bond motifs is 1. The summed E-state index contributed by atoms with van der Waals surface area (Å²) in [7, 11) is 0.